The Labute approximate surface area is 176 Å². The van der Waals surface area contributed by atoms with Crippen molar-refractivity contribution in [2.24, 2.45) is 4.99 Å². The second-order valence-electron chi connectivity index (χ2n) is 7.55. The molecule has 7 nitrogen and oxygen atoms in total. The van der Waals surface area contributed by atoms with E-state index in [1.807, 2.05) is 18.2 Å². The van der Waals surface area contributed by atoms with Gasteiger partial charge in [0, 0.05) is 24.9 Å². The predicted molar refractivity (Wildman–Crippen MR) is 117 cm³/mol. The van der Waals surface area contributed by atoms with Crippen molar-refractivity contribution < 1.29 is 14.3 Å². The topological polar surface area (TPSA) is 84.0 Å². The lowest BCUT2D eigenvalue weighted by molar-refractivity contribution is -0.115. The molecule has 2 aromatic rings. The molecule has 30 heavy (non-hydrogen) atoms. The molecule has 1 aliphatic carbocycles. The first-order chi connectivity index (χ1) is 14.7. The number of ether oxygens (including phenoxy) is 2. The molecule has 0 fully saturated rings. The molecule has 0 saturated carbocycles. The molecule has 0 bridgehead atoms. The molecule has 1 aliphatic heterocycles. The third-order valence-corrected chi connectivity index (χ3v) is 5.39. The molecule has 0 radical (unpaired) electrons. The van der Waals surface area contributed by atoms with Crippen molar-refractivity contribution in [3.05, 3.63) is 59.2 Å². The maximum atomic E-state index is 12.0. The number of rotatable bonds is 7. The summed E-state index contributed by atoms with van der Waals surface area (Å²) in [6.07, 6.45) is 3.35. The van der Waals surface area contributed by atoms with Gasteiger partial charge in [-0.1, -0.05) is 24.3 Å². The van der Waals surface area contributed by atoms with Gasteiger partial charge in [-0.2, -0.15) is 4.99 Å². The number of carbonyl (C=O) groups excluding carboxylic acids is 1. The molecular weight excluding hydrogens is 380 g/mol. The van der Waals surface area contributed by atoms with Crippen LogP contribution in [-0.4, -0.2) is 38.7 Å². The van der Waals surface area contributed by atoms with Gasteiger partial charge in [-0.3, -0.25) is 4.79 Å². The van der Waals surface area contributed by atoms with Crippen LogP contribution in [0.15, 0.2) is 47.5 Å². The third kappa shape index (κ3) is 4.98. The monoisotopic (exact) mass is 408 g/mol. The minimum atomic E-state index is -0.0930. The molecule has 7 heteroatoms. The zero-order chi connectivity index (χ0) is 20.8. The molecule has 1 heterocycles. The van der Waals surface area contributed by atoms with E-state index >= 15 is 0 Å². The summed E-state index contributed by atoms with van der Waals surface area (Å²) in [5.41, 5.74) is 5.29. The summed E-state index contributed by atoms with van der Waals surface area (Å²) in [6, 6.07) is 15.0. The highest BCUT2D eigenvalue weighted by molar-refractivity contribution is 5.92. The van der Waals surface area contributed by atoms with Crippen LogP contribution in [0.5, 0.6) is 0 Å². The lowest BCUT2D eigenvalue weighted by atomic mass is 9.88. The summed E-state index contributed by atoms with van der Waals surface area (Å²) >= 11 is 0. The standard InChI is InChI=1S/C23H28N4O3/c1-29-12-11-24-14-22(28)25-18-9-10-20-17(13-18)15-30-23(26-20)27-21-8-4-6-16-5-2-3-7-19(16)21/h2-3,5,7,9-10,13,21,24H,4,6,8,11-12,14-15H2,1H3,(H,25,28)(H,26,27)/t21-/m1/s1. The molecule has 1 atom stereocenters. The fourth-order valence-corrected chi connectivity index (χ4v) is 3.88. The van der Waals surface area contributed by atoms with Crippen molar-refractivity contribution in [3.63, 3.8) is 0 Å². The van der Waals surface area contributed by atoms with Gasteiger partial charge >= 0.3 is 0 Å². The first-order valence-corrected chi connectivity index (χ1v) is 10.4. The van der Waals surface area contributed by atoms with Crippen LogP contribution in [0.3, 0.4) is 0 Å². The number of benzene rings is 2. The Hall–Kier alpha value is -2.90. The van der Waals surface area contributed by atoms with Crippen LogP contribution in [0, 0.1) is 0 Å². The number of aryl methyl sites for hydroxylation is 1. The van der Waals surface area contributed by atoms with Gasteiger partial charge in [-0.25, -0.2) is 0 Å². The van der Waals surface area contributed by atoms with E-state index in [-0.39, 0.29) is 18.5 Å². The Bertz CT molecular complexity index is 928. The van der Waals surface area contributed by atoms with E-state index in [4.69, 9.17) is 9.47 Å². The zero-order valence-corrected chi connectivity index (χ0v) is 17.2. The van der Waals surface area contributed by atoms with Crippen LogP contribution >= 0.6 is 0 Å². The Kier molecular flexibility index (Phi) is 6.61. The van der Waals surface area contributed by atoms with Gasteiger partial charge in [0.05, 0.1) is 24.9 Å². The second-order valence-corrected chi connectivity index (χ2v) is 7.55. The van der Waals surface area contributed by atoms with Crippen molar-refractivity contribution in [3.8, 4) is 0 Å². The summed E-state index contributed by atoms with van der Waals surface area (Å²) in [7, 11) is 1.63. The minimum absolute atomic E-state index is 0.0930. The summed E-state index contributed by atoms with van der Waals surface area (Å²) in [5.74, 6) is -0.0930. The van der Waals surface area contributed by atoms with Crippen LogP contribution in [-0.2, 0) is 27.3 Å². The number of amidine groups is 1. The van der Waals surface area contributed by atoms with Crippen LogP contribution in [0.4, 0.5) is 11.4 Å². The fraction of sp³-hybridized carbons (Fsp3) is 0.391. The number of methoxy groups -OCH3 is 1. The number of hydrogen-bond donors (Lipinski definition) is 3. The van der Waals surface area contributed by atoms with E-state index in [2.05, 4.69) is 45.2 Å². The number of nitrogens with zero attached hydrogens (tertiary/aromatic N) is 1. The first kappa shape index (κ1) is 20.4. The highest BCUT2D eigenvalue weighted by Gasteiger charge is 2.23. The smallest absolute Gasteiger partial charge is 0.290 e. The van der Waals surface area contributed by atoms with Crippen molar-refractivity contribution in [1.29, 1.82) is 0 Å². The lowest BCUT2D eigenvalue weighted by Crippen LogP contribution is -2.33. The molecule has 3 N–H and O–H groups in total. The maximum absolute atomic E-state index is 12.0. The van der Waals surface area contributed by atoms with Gasteiger partial charge in [-0.05, 0) is 48.6 Å². The van der Waals surface area contributed by atoms with E-state index < -0.39 is 0 Å². The molecule has 0 saturated heterocycles. The van der Waals surface area contributed by atoms with Gasteiger partial charge < -0.3 is 25.4 Å². The molecule has 4 rings (SSSR count). The average Bonchev–Trinajstić information content (AvgIpc) is 2.77. The predicted octanol–water partition coefficient (Wildman–Crippen LogP) is 3.05. The van der Waals surface area contributed by atoms with E-state index in [0.717, 1.165) is 36.2 Å². The van der Waals surface area contributed by atoms with E-state index in [1.54, 1.807) is 7.11 Å². The number of carbonyl (C=O) groups is 1. The summed E-state index contributed by atoms with van der Waals surface area (Å²) in [4.78, 5) is 16.7. The van der Waals surface area contributed by atoms with Crippen molar-refractivity contribution >= 4 is 23.3 Å². The number of amides is 1. The lowest BCUT2D eigenvalue weighted by Gasteiger charge is -2.28. The van der Waals surface area contributed by atoms with Gasteiger partial charge in [-0.15, -0.1) is 0 Å². The molecule has 158 valence electrons. The van der Waals surface area contributed by atoms with Gasteiger partial charge in [0.25, 0.3) is 6.02 Å². The number of fused-ring (bicyclic) bond motifs is 2. The van der Waals surface area contributed by atoms with Crippen LogP contribution in [0.25, 0.3) is 0 Å². The largest absolute Gasteiger partial charge is 0.460 e. The van der Waals surface area contributed by atoms with Gasteiger partial charge in [0.2, 0.25) is 5.91 Å². The van der Waals surface area contributed by atoms with Crippen molar-refractivity contribution in [2.45, 2.75) is 31.9 Å². The van der Waals surface area contributed by atoms with Gasteiger partial charge in [0.1, 0.15) is 6.61 Å². The molecular formula is C23H28N4O3. The Morgan fingerprint density at radius 1 is 1.23 bits per heavy atom. The SMILES string of the molecule is COCCNCC(=O)Nc1ccc2c(c1)COC(N[C@@H]1CCCc3ccccc31)=N2. The first-order valence-electron chi connectivity index (χ1n) is 10.4. The number of aliphatic imine (C=N–C) groups is 1. The summed E-state index contributed by atoms with van der Waals surface area (Å²) < 4.78 is 10.8. The number of hydrogen-bond acceptors (Lipinski definition) is 6. The van der Waals surface area contributed by atoms with E-state index in [1.165, 1.54) is 11.1 Å². The van der Waals surface area contributed by atoms with E-state index in [0.29, 0.717) is 25.8 Å². The molecule has 2 aliphatic rings. The van der Waals surface area contributed by atoms with Crippen molar-refractivity contribution in [1.82, 2.24) is 10.6 Å². The minimum Gasteiger partial charge on any atom is -0.460 e. The maximum Gasteiger partial charge on any atom is 0.290 e. The molecule has 2 aromatic carbocycles. The van der Waals surface area contributed by atoms with Crippen LogP contribution in [0.2, 0.25) is 0 Å². The Morgan fingerprint density at radius 3 is 3.03 bits per heavy atom. The molecule has 1 amide bonds. The van der Waals surface area contributed by atoms with E-state index in [9.17, 15) is 4.79 Å². The summed E-state index contributed by atoms with van der Waals surface area (Å²) in [5, 5.41) is 9.40. The van der Waals surface area contributed by atoms with Gasteiger partial charge in [0.15, 0.2) is 0 Å². The highest BCUT2D eigenvalue weighted by atomic mass is 16.5. The highest BCUT2D eigenvalue weighted by Crippen LogP contribution is 2.31. The fourth-order valence-electron chi connectivity index (χ4n) is 3.88. The Balaban J connectivity index is 1.38. The van der Waals surface area contributed by atoms with Crippen LogP contribution < -0.4 is 16.0 Å². The zero-order valence-electron chi connectivity index (χ0n) is 17.2. The van der Waals surface area contributed by atoms with Crippen molar-refractivity contribution in [2.75, 3.05) is 32.1 Å². The number of nitrogens with one attached hydrogen (secondary N) is 3. The quantitative estimate of drug-likeness (QED) is 0.614. The number of anilines is 1. The Morgan fingerprint density at radius 2 is 2.13 bits per heavy atom. The third-order valence-electron chi connectivity index (χ3n) is 5.39. The average molecular weight is 409 g/mol. The summed E-state index contributed by atoms with van der Waals surface area (Å²) in [6.45, 7) is 1.87. The molecule has 0 unspecified atom stereocenters. The molecule has 0 spiro atoms. The normalized spacial score (nSPS) is 17.2. The molecule has 0 aromatic heterocycles. The second kappa shape index (κ2) is 9.73. The van der Waals surface area contributed by atoms with Crippen LogP contribution in [0.1, 0.15) is 35.6 Å².